The molecular weight excluding hydrogens is 244 g/mol. The second kappa shape index (κ2) is 5.82. The Morgan fingerprint density at radius 1 is 1.42 bits per heavy atom. The summed E-state index contributed by atoms with van der Waals surface area (Å²) in [7, 11) is 0. The van der Waals surface area contributed by atoms with Crippen LogP contribution in [0.25, 0.3) is 0 Å². The van der Waals surface area contributed by atoms with Gasteiger partial charge in [-0.05, 0) is 36.8 Å². The predicted molar refractivity (Wildman–Crippen MR) is 70.0 cm³/mol. The lowest BCUT2D eigenvalue weighted by atomic mass is 10.1. The highest BCUT2D eigenvalue weighted by Gasteiger charge is 2.21. The normalized spacial score (nSPS) is 22.2. The van der Waals surface area contributed by atoms with Gasteiger partial charge >= 0.3 is 5.97 Å². The molecule has 2 N–H and O–H groups in total. The third-order valence-corrected chi connectivity index (χ3v) is 3.60. The van der Waals surface area contributed by atoms with Gasteiger partial charge in [0.05, 0.1) is 5.56 Å². The number of carboxylic acid groups (broad SMARTS) is 1. The van der Waals surface area contributed by atoms with Gasteiger partial charge in [0.15, 0.2) is 0 Å². The largest absolute Gasteiger partial charge is 0.477 e. The molecule has 2 rings (SSSR count). The van der Waals surface area contributed by atoms with E-state index in [1.807, 2.05) is 0 Å². The number of amides is 1. The van der Waals surface area contributed by atoms with Crippen LogP contribution in [0.1, 0.15) is 47.0 Å². The summed E-state index contributed by atoms with van der Waals surface area (Å²) in [5.74, 6) is 0.0273. The summed E-state index contributed by atoms with van der Waals surface area (Å²) in [6, 6.07) is 2.83. The van der Waals surface area contributed by atoms with Crippen molar-refractivity contribution in [2.75, 3.05) is 6.54 Å². The van der Waals surface area contributed by atoms with Crippen molar-refractivity contribution < 1.29 is 14.7 Å². The molecule has 102 valence electrons. The van der Waals surface area contributed by atoms with Crippen LogP contribution in [0, 0.1) is 11.8 Å². The summed E-state index contributed by atoms with van der Waals surface area (Å²) < 4.78 is 0. The van der Waals surface area contributed by atoms with Crippen LogP contribution in [-0.4, -0.2) is 28.5 Å². The van der Waals surface area contributed by atoms with E-state index in [1.54, 1.807) is 0 Å². The van der Waals surface area contributed by atoms with Crippen molar-refractivity contribution in [2.24, 2.45) is 11.8 Å². The quantitative estimate of drug-likeness (QED) is 0.869. The molecule has 0 radical (unpaired) electrons. The van der Waals surface area contributed by atoms with E-state index in [9.17, 15) is 9.59 Å². The SMILES string of the molecule is CC1CCC(CNC(=O)c2ccc(C(=O)O)nc2)C1. The molecular formula is C14H18N2O3. The zero-order valence-corrected chi connectivity index (χ0v) is 10.9. The van der Waals surface area contributed by atoms with Crippen molar-refractivity contribution in [1.29, 1.82) is 0 Å². The molecule has 1 aromatic rings. The fourth-order valence-electron chi connectivity index (χ4n) is 2.50. The molecule has 1 saturated carbocycles. The lowest BCUT2D eigenvalue weighted by molar-refractivity contribution is 0.0689. The molecule has 0 bridgehead atoms. The van der Waals surface area contributed by atoms with Crippen molar-refractivity contribution in [3.05, 3.63) is 29.6 Å². The monoisotopic (exact) mass is 262 g/mol. The van der Waals surface area contributed by atoms with Crippen LogP contribution in [0.15, 0.2) is 18.3 Å². The molecule has 1 aliphatic rings. The Balaban J connectivity index is 1.87. The van der Waals surface area contributed by atoms with Crippen molar-refractivity contribution in [2.45, 2.75) is 26.2 Å². The van der Waals surface area contributed by atoms with Gasteiger partial charge in [0, 0.05) is 12.7 Å². The van der Waals surface area contributed by atoms with E-state index < -0.39 is 5.97 Å². The Morgan fingerprint density at radius 2 is 2.21 bits per heavy atom. The van der Waals surface area contributed by atoms with Gasteiger partial charge in [0.25, 0.3) is 5.91 Å². The van der Waals surface area contributed by atoms with Gasteiger partial charge in [0.1, 0.15) is 5.69 Å². The fraction of sp³-hybridized carbons (Fsp3) is 0.500. The van der Waals surface area contributed by atoms with Gasteiger partial charge in [-0.3, -0.25) is 4.79 Å². The average molecular weight is 262 g/mol. The smallest absolute Gasteiger partial charge is 0.354 e. The van der Waals surface area contributed by atoms with Gasteiger partial charge in [-0.25, -0.2) is 9.78 Å². The number of nitrogens with one attached hydrogen (secondary N) is 1. The highest BCUT2D eigenvalue weighted by molar-refractivity contribution is 5.94. The standard InChI is InChI=1S/C14H18N2O3/c1-9-2-3-10(6-9)7-16-13(17)11-4-5-12(14(18)19)15-8-11/h4-5,8-10H,2-3,6-7H2,1H3,(H,16,17)(H,18,19). The highest BCUT2D eigenvalue weighted by atomic mass is 16.4. The van der Waals surface area contributed by atoms with Gasteiger partial charge in [-0.1, -0.05) is 13.3 Å². The molecule has 1 amide bonds. The molecule has 1 aromatic heterocycles. The first-order valence-corrected chi connectivity index (χ1v) is 6.54. The minimum Gasteiger partial charge on any atom is -0.477 e. The number of carboxylic acids is 1. The number of carbonyl (C=O) groups excluding carboxylic acids is 1. The summed E-state index contributed by atoms with van der Waals surface area (Å²) in [6.07, 6.45) is 4.86. The molecule has 5 heteroatoms. The van der Waals surface area contributed by atoms with E-state index in [0.29, 0.717) is 18.0 Å². The number of rotatable bonds is 4. The van der Waals surface area contributed by atoms with E-state index in [-0.39, 0.29) is 11.6 Å². The Bertz CT molecular complexity index is 470. The van der Waals surface area contributed by atoms with E-state index in [1.165, 1.54) is 24.8 Å². The summed E-state index contributed by atoms with van der Waals surface area (Å²) in [6.45, 7) is 2.92. The van der Waals surface area contributed by atoms with Crippen LogP contribution in [0.3, 0.4) is 0 Å². The molecule has 5 nitrogen and oxygen atoms in total. The summed E-state index contributed by atoms with van der Waals surface area (Å²) in [5.41, 5.74) is 0.345. The second-order valence-corrected chi connectivity index (χ2v) is 5.23. The van der Waals surface area contributed by atoms with Crippen LogP contribution in [0.4, 0.5) is 0 Å². The Morgan fingerprint density at radius 3 is 2.74 bits per heavy atom. The number of nitrogens with zero attached hydrogens (tertiary/aromatic N) is 1. The third kappa shape index (κ3) is 3.53. The second-order valence-electron chi connectivity index (χ2n) is 5.23. The van der Waals surface area contributed by atoms with Crippen molar-refractivity contribution >= 4 is 11.9 Å². The molecule has 2 unspecified atom stereocenters. The number of hydrogen-bond acceptors (Lipinski definition) is 3. The van der Waals surface area contributed by atoms with Crippen molar-refractivity contribution in [3.8, 4) is 0 Å². The first kappa shape index (κ1) is 13.5. The first-order valence-electron chi connectivity index (χ1n) is 6.54. The van der Waals surface area contributed by atoms with E-state index in [4.69, 9.17) is 5.11 Å². The average Bonchev–Trinajstić information content (AvgIpc) is 2.82. The minimum atomic E-state index is -1.09. The first-order chi connectivity index (χ1) is 9.06. The zero-order valence-electron chi connectivity index (χ0n) is 10.9. The van der Waals surface area contributed by atoms with E-state index in [0.717, 1.165) is 18.8 Å². The maximum Gasteiger partial charge on any atom is 0.354 e. The lowest BCUT2D eigenvalue weighted by Crippen LogP contribution is -2.28. The van der Waals surface area contributed by atoms with Gasteiger partial charge < -0.3 is 10.4 Å². The van der Waals surface area contributed by atoms with E-state index >= 15 is 0 Å². The van der Waals surface area contributed by atoms with E-state index in [2.05, 4.69) is 17.2 Å². The number of hydrogen-bond donors (Lipinski definition) is 2. The summed E-state index contributed by atoms with van der Waals surface area (Å²) in [4.78, 5) is 26.2. The van der Waals surface area contributed by atoms with Crippen molar-refractivity contribution in [1.82, 2.24) is 10.3 Å². The van der Waals surface area contributed by atoms with Crippen LogP contribution in [0.2, 0.25) is 0 Å². The number of aromatic carboxylic acids is 1. The van der Waals surface area contributed by atoms with Gasteiger partial charge in [0.2, 0.25) is 0 Å². The zero-order chi connectivity index (χ0) is 13.8. The molecule has 0 saturated heterocycles. The van der Waals surface area contributed by atoms with Gasteiger partial charge in [-0.15, -0.1) is 0 Å². The van der Waals surface area contributed by atoms with Crippen LogP contribution < -0.4 is 5.32 Å². The number of aromatic nitrogens is 1. The fourth-order valence-corrected chi connectivity index (χ4v) is 2.50. The molecule has 0 spiro atoms. The molecule has 1 fully saturated rings. The number of pyridine rings is 1. The molecule has 1 heterocycles. The van der Waals surface area contributed by atoms with Crippen LogP contribution in [-0.2, 0) is 0 Å². The number of carbonyl (C=O) groups is 2. The minimum absolute atomic E-state index is 0.0545. The summed E-state index contributed by atoms with van der Waals surface area (Å²) >= 11 is 0. The maximum atomic E-state index is 11.9. The Kier molecular flexibility index (Phi) is 4.14. The van der Waals surface area contributed by atoms with Crippen LogP contribution >= 0.6 is 0 Å². The Hall–Kier alpha value is -1.91. The summed E-state index contributed by atoms with van der Waals surface area (Å²) in [5, 5.41) is 11.6. The topological polar surface area (TPSA) is 79.3 Å². The third-order valence-electron chi connectivity index (χ3n) is 3.60. The van der Waals surface area contributed by atoms with Crippen LogP contribution in [0.5, 0.6) is 0 Å². The molecule has 0 aromatic carbocycles. The maximum absolute atomic E-state index is 11.9. The predicted octanol–water partition coefficient (Wildman–Crippen LogP) is 1.95. The molecule has 19 heavy (non-hydrogen) atoms. The molecule has 1 aliphatic carbocycles. The van der Waals surface area contributed by atoms with Crippen molar-refractivity contribution in [3.63, 3.8) is 0 Å². The highest BCUT2D eigenvalue weighted by Crippen LogP contribution is 2.29. The Labute approximate surface area is 112 Å². The lowest BCUT2D eigenvalue weighted by Gasteiger charge is -2.11. The van der Waals surface area contributed by atoms with Gasteiger partial charge in [-0.2, -0.15) is 0 Å². The molecule has 2 atom stereocenters. The molecule has 0 aliphatic heterocycles.